The van der Waals surface area contributed by atoms with Crippen molar-refractivity contribution in [2.45, 2.75) is 25.7 Å². The van der Waals surface area contributed by atoms with Crippen LogP contribution in [-0.2, 0) is 11.2 Å². The molecule has 3 nitrogen and oxygen atoms in total. The maximum atomic E-state index is 11.8. The van der Waals surface area contributed by atoms with Crippen molar-refractivity contribution >= 4 is 11.6 Å². The highest BCUT2D eigenvalue weighted by molar-refractivity contribution is 6.01. The van der Waals surface area contributed by atoms with Crippen LogP contribution < -0.4 is 10.6 Å². The predicted molar refractivity (Wildman–Crippen MR) is 65.4 cm³/mol. The number of nitrogens with two attached hydrogens (primary N) is 1. The van der Waals surface area contributed by atoms with Crippen LogP contribution in [0.3, 0.4) is 0 Å². The Morgan fingerprint density at radius 3 is 2.81 bits per heavy atom. The van der Waals surface area contributed by atoms with Crippen LogP contribution >= 0.6 is 0 Å². The number of hydrogen-bond acceptors (Lipinski definition) is 2. The third-order valence-electron chi connectivity index (χ3n) is 3.01. The minimum absolute atomic E-state index is 0.231. The van der Waals surface area contributed by atoms with Gasteiger partial charge in [0.15, 0.2) is 0 Å². The lowest BCUT2D eigenvalue weighted by atomic mass is 10.2. The van der Waals surface area contributed by atoms with Gasteiger partial charge in [-0.2, -0.15) is 0 Å². The van der Waals surface area contributed by atoms with Crippen LogP contribution in [0, 0.1) is 0 Å². The minimum atomic E-state index is 0.231. The Morgan fingerprint density at radius 1 is 1.19 bits per heavy atom. The zero-order chi connectivity index (χ0) is 11.4. The number of fused-ring (bicyclic) bond motifs is 1. The van der Waals surface area contributed by atoms with Crippen molar-refractivity contribution in [3.63, 3.8) is 0 Å². The number of benzene rings is 1. The summed E-state index contributed by atoms with van der Waals surface area (Å²) in [4.78, 5) is 13.7. The molecule has 0 unspecified atom stereocenters. The van der Waals surface area contributed by atoms with E-state index in [-0.39, 0.29) is 5.91 Å². The molecule has 0 atom stereocenters. The van der Waals surface area contributed by atoms with Gasteiger partial charge in [-0.1, -0.05) is 24.6 Å². The topological polar surface area (TPSA) is 46.3 Å². The summed E-state index contributed by atoms with van der Waals surface area (Å²) >= 11 is 0. The Balaban J connectivity index is 1.97. The summed E-state index contributed by atoms with van der Waals surface area (Å²) < 4.78 is 0. The molecular weight excluding hydrogens is 200 g/mol. The van der Waals surface area contributed by atoms with Gasteiger partial charge in [-0.3, -0.25) is 4.79 Å². The van der Waals surface area contributed by atoms with E-state index < -0.39 is 0 Å². The molecule has 0 spiro atoms. The van der Waals surface area contributed by atoms with Crippen LogP contribution in [0.25, 0.3) is 0 Å². The molecule has 1 aliphatic heterocycles. The van der Waals surface area contributed by atoms with E-state index >= 15 is 0 Å². The molecule has 2 N–H and O–H groups in total. The van der Waals surface area contributed by atoms with Gasteiger partial charge < -0.3 is 10.6 Å². The predicted octanol–water partition coefficient (Wildman–Crippen LogP) is 1.70. The number of nitrogens with zero attached hydrogens (tertiary/aromatic N) is 1. The van der Waals surface area contributed by atoms with E-state index in [1.165, 1.54) is 0 Å². The zero-order valence-electron chi connectivity index (χ0n) is 9.48. The molecule has 1 aliphatic rings. The summed E-state index contributed by atoms with van der Waals surface area (Å²) in [6.45, 7) is 1.57. The molecule has 0 aromatic heterocycles. The average Bonchev–Trinajstić information content (AvgIpc) is 2.61. The monoisotopic (exact) mass is 218 g/mol. The Kier molecular flexibility index (Phi) is 3.57. The van der Waals surface area contributed by atoms with Gasteiger partial charge in [0.1, 0.15) is 0 Å². The first-order chi connectivity index (χ1) is 7.83. The number of rotatable bonds is 5. The highest BCUT2D eigenvalue weighted by atomic mass is 16.2. The lowest BCUT2D eigenvalue weighted by molar-refractivity contribution is -0.117. The number of hydrogen-bond donors (Lipinski definition) is 1. The number of carbonyl (C=O) groups is 1. The van der Waals surface area contributed by atoms with Crippen LogP contribution in [0.1, 0.15) is 24.8 Å². The largest absolute Gasteiger partial charge is 0.330 e. The fourth-order valence-electron chi connectivity index (χ4n) is 2.15. The molecule has 0 aliphatic carbocycles. The average molecular weight is 218 g/mol. The van der Waals surface area contributed by atoms with Crippen molar-refractivity contribution in [2.75, 3.05) is 18.0 Å². The Bertz CT molecular complexity index is 376. The van der Waals surface area contributed by atoms with Gasteiger partial charge in [0.05, 0.1) is 6.42 Å². The summed E-state index contributed by atoms with van der Waals surface area (Å²) in [5, 5.41) is 0. The number of carbonyl (C=O) groups excluding carboxylic acids is 1. The molecule has 0 fully saturated rings. The standard InChI is InChI=1S/C13H18N2O/c14-8-4-1-5-9-15-12-7-3-2-6-11(12)10-13(15)16/h2-3,6-7H,1,4-5,8-10,14H2. The molecule has 0 radical (unpaired) electrons. The zero-order valence-corrected chi connectivity index (χ0v) is 9.48. The Labute approximate surface area is 96.2 Å². The molecule has 3 heteroatoms. The molecule has 1 aromatic rings. The smallest absolute Gasteiger partial charge is 0.231 e. The van der Waals surface area contributed by atoms with Crippen molar-refractivity contribution in [2.24, 2.45) is 5.73 Å². The van der Waals surface area contributed by atoms with Crippen LogP contribution in [-0.4, -0.2) is 19.0 Å². The highest BCUT2D eigenvalue weighted by Gasteiger charge is 2.25. The molecule has 86 valence electrons. The van der Waals surface area contributed by atoms with Crippen molar-refractivity contribution in [1.29, 1.82) is 0 Å². The molecule has 1 heterocycles. The van der Waals surface area contributed by atoms with E-state index in [0.717, 1.165) is 43.6 Å². The molecular formula is C13H18N2O. The highest BCUT2D eigenvalue weighted by Crippen LogP contribution is 2.28. The maximum absolute atomic E-state index is 11.8. The van der Waals surface area contributed by atoms with E-state index in [1.54, 1.807) is 0 Å². The van der Waals surface area contributed by atoms with Gasteiger partial charge in [-0.15, -0.1) is 0 Å². The van der Waals surface area contributed by atoms with E-state index in [4.69, 9.17) is 5.73 Å². The van der Waals surface area contributed by atoms with Gasteiger partial charge in [0.2, 0.25) is 5.91 Å². The van der Waals surface area contributed by atoms with E-state index in [2.05, 4.69) is 0 Å². The molecule has 1 amide bonds. The minimum Gasteiger partial charge on any atom is -0.330 e. The second-order valence-electron chi connectivity index (χ2n) is 4.20. The number of unbranched alkanes of at least 4 members (excludes halogenated alkanes) is 2. The third-order valence-corrected chi connectivity index (χ3v) is 3.01. The van der Waals surface area contributed by atoms with E-state index in [9.17, 15) is 4.79 Å². The van der Waals surface area contributed by atoms with Crippen molar-refractivity contribution in [1.82, 2.24) is 0 Å². The van der Waals surface area contributed by atoms with Crippen molar-refractivity contribution in [3.05, 3.63) is 29.8 Å². The number of amides is 1. The lowest BCUT2D eigenvalue weighted by Gasteiger charge is -2.17. The fourth-order valence-corrected chi connectivity index (χ4v) is 2.15. The maximum Gasteiger partial charge on any atom is 0.231 e. The summed E-state index contributed by atoms with van der Waals surface area (Å²) in [7, 11) is 0. The number of anilines is 1. The van der Waals surface area contributed by atoms with E-state index in [1.807, 2.05) is 29.2 Å². The first-order valence-corrected chi connectivity index (χ1v) is 5.91. The van der Waals surface area contributed by atoms with Gasteiger partial charge in [0, 0.05) is 12.2 Å². The van der Waals surface area contributed by atoms with Crippen molar-refractivity contribution < 1.29 is 4.79 Å². The van der Waals surface area contributed by atoms with Crippen LogP contribution in [0.15, 0.2) is 24.3 Å². The summed E-state index contributed by atoms with van der Waals surface area (Å²) in [6, 6.07) is 8.05. The quantitative estimate of drug-likeness (QED) is 0.765. The summed E-state index contributed by atoms with van der Waals surface area (Å²) in [5.74, 6) is 0.231. The summed E-state index contributed by atoms with van der Waals surface area (Å²) in [6.07, 6.45) is 3.75. The first-order valence-electron chi connectivity index (χ1n) is 5.91. The first kappa shape index (κ1) is 11.1. The van der Waals surface area contributed by atoms with Gasteiger partial charge in [-0.25, -0.2) is 0 Å². The lowest BCUT2D eigenvalue weighted by Crippen LogP contribution is -2.27. The molecule has 0 saturated carbocycles. The van der Waals surface area contributed by atoms with Crippen LogP contribution in [0.4, 0.5) is 5.69 Å². The van der Waals surface area contributed by atoms with Crippen LogP contribution in [0.2, 0.25) is 0 Å². The molecule has 0 bridgehead atoms. The third kappa shape index (κ3) is 2.25. The molecule has 2 rings (SSSR count). The SMILES string of the molecule is NCCCCCN1C(=O)Cc2ccccc21. The molecule has 16 heavy (non-hydrogen) atoms. The second kappa shape index (κ2) is 5.12. The Hall–Kier alpha value is -1.35. The van der Waals surface area contributed by atoms with Crippen molar-refractivity contribution in [3.8, 4) is 0 Å². The normalized spacial score (nSPS) is 14.3. The van der Waals surface area contributed by atoms with Crippen LogP contribution in [0.5, 0.6) is 0 Å². The van der Waals surface area contributed by atoms with Gasteiger partial charge in [0.25, 0.3) is 0 Å². The Morgan fingerprint density at radius 2 is 2.00 bits per heavy atom. The summed E-state index contributed by atoms with van der Waals surface area (Å²) in [5.41, 5.74) is 7.70. The second-order valence-corrected chi connectivity index (χ2v) is 4.20. The van der Waals surface area contributed by atoms with Gasteiger partial charge >= 0.3 is 0 Å². The molecule has 0 saturated heterocycles. The van der Waals surface area contributed by atoms with Gasteiger partial charge in [-0.05, 0) is 31.0 Å². The van der Waals surface area contributed by atoms with E-state index in [0.29, 0.717) is 6.42 Å². The molecule has 1 aromatic carbocycles. The number of para-hydroxylation sites is 1. The fraction of sp³-hybridized carbons (Fsp3) is 0.462.